The molecule has 0 amide bonds. The third kappa shape index (κ3) is 5.60. The van der Waals surface area contributed by atoms with Crippen molar-refractivity contribution in [1.82, 2.24) is 0 Å². The van der Waals surface area contributed by atoms with Crippen LogP contribution in [-0.2, 0) is 45.4 Å². The fraction of sp³-hybridized carbons (Fsp3) is 0.500. The minimum Gasteiger partial charge on any atom is -0.459 e. The van der Waals surface area contributed by atoms with E-state index in [9.17, 15) is 23.5 Å². The number of ether oxygens (including phenoxy) is 6. The number of halogens is 3. The Kier molecular flexibility index (Phi) is 8.80. The SMILES string of the molecule is CO[C@H]1OC[C@H]2O[C@]1(COCc1ccccc1)C[C@H](OC(=O)[C@@](OC)(c1ccccc1)C(F)(F)F)[C@@H]2N=[N+]=[N-]. The van der Waals surface area contributed by atoms with Gasteiger partial charge in [0, 0.05) is 31.1 Å². The van der Waals surface area contributed by atoms with Gasteiger partial charge in [-0.15, -0.1) is 0 Å². The molecule has 39 heavy (non-hydrogen) atoms. The van der Waals surface area contributed by atoms with Gasteiger partial charge in [-0.05, 0) is 11.1 Å². The summed E-state index contributed by atoms with van der Waals surface area (Å²) in [5.41, 5.74) is 4.80. The van der Waals surface area contributed by atoms with Crippen molar-refractivity contribution < 1.29 is 46.4 Å². The molecular formula is C26H28F3N3O7. The highest BCUT2D eigenvalue weighted by atomic mass is 19.4. The average molecular weight is 552 g/mol. The van der Waals surface area contributed by atoms with Crippen LogP contribution >= 0.6 is 0 Å². The second-order valence-electron chi connectivity index (χ2n) is 9.19. The van der Waals surface area contributed by atoms with Crippen LogP contribution in [0.4, 0.5) is 13.2 Å². The Morgan fingerprint density at radius 2 is 1.79 bits per heavy atom. The second kappa shape index (κ2) is 11.9. The smallest absolute Gasteiger partial charge is 0.432 e. The quantitative estimate of drug-likeness (QED) is 0.185. The minimum absolute atomic E-state index is 0.110. The van der Waals surface area contributed by atoms with Crippen LogP contribution < -0.4 is 0 Å². The maximum atomic E-state index is 14.5. The summed E-state index contributed by atoms with van der Waals surface area (Å²) in [5.74, 6) is -1.71. The van der Waals surface area contributed by atoms with Crippen LogP contribution in [0.5, 0.6) is 0 Å². The van der Waals surface area contributed by atoms with Crippen molar-refractivity contribution in [2.75, 3.05) is 27.4 Å². The molecule has 6 atom stereocenters. The number of fused-ring (bicyclic) bond motifs is 2. The summed E-state index contributed by atoms with van der Waals surface area (Å²) in [4.78, 5) is 16.2. The Hall–Kier alpha value is -3.19. The Morgan fingerprint density at radius 1 is 1.13 bits per heavy atom. The van der Waals surface area contributed by atoms with Crippen LogP contribution in [0.2, 0.25) is 0 Å². The van der Waals surface area contributed by atoms with Crippen LogP contribution in [-0.4, -0.2) is 69.7 Å². The third-order valence-electron chi connectivity index (χ3n) is 6.82. The minimum atomic E-state index is -5.18. The number of benzene rings is 2. The van der Waals surface area contributed by atoms with Gasteiger partial charge in [-0.25, -0.2) is 4.79 Å². The monoisotopic (exact) mass is 551 g/mol. The van der Waals surface area contributed by atoms with E-state index in [1.54, 1.807) is 0 Å². The number of esters is 1. The zero-order valence-corrected chi connectivity index (χ0v) is 21.2. The first-order valence-electron chi connectivity index (χ1n) is 12.1. The van der Waals surface area contributed by atoms with Crippen molar-refractivity contribution in [3.63, 3.8) is 0 Å². The van der Waals surface area contributed by atoms with Crippen LogP contribution in [0, 0.1) is 0 Å². The Bertz CT molecular complexity index is 1170. The molecule has 0 saturated carbocycles. The molecule has 13 heteroatoms. The van der Waals surface area contributed by atoms with Gasteiger partial charge in [0.2, 0.25) is 0 Å². The molecule has 0 aliphatic carbocycles. The lowest BCUT2D eigenvalue weighted by Crippen LogP contribution is -2.67. The number of nitrogens with zero attached hydrogens (tertiary/aromatic N) is 3. The summed E-state index contributed by atoms with van der Waals surface area (Å²) in [6.45, 7) is -0.0302. The summed E-state index contributed by atoms with van der Waals surface area (Å²) >= 11 is 0. The van der Waals surface area contributed by atoms with E-state index < -0.39 is 53.5 Å². The first-order valence-corrected chi connectivity index (χ1v) is 12.1. The molecule has 2 bridgehead atoms. The van der Waals surface area contributed by atoms with Crippen LogP contribution in [0.1, 0.15) is 17.5 Å². The molecule has 2 saturated heterocycles. The molecule has 2 fully saturated rings. The maximum Gasteiger partial charge on any atom is 0.432 e. The van der Waals surface area contributed by atoms with Crippen molar-refractivity contribution >= 4 is 5.97 Å². The number of carbonyl (C=O) groups excluding carboxylic acids is 1. The summed E-state index contributed by atoms with van der Waals surface area (Å²) in [6, 6.07) is 14.5. The van der Waals surface area contributed by atoms with Crippen molar-refractivity contribution in [3.8, 4) is 0 Å². The highest BCUT2D eigenvalue weighted by Gasteiger charge is 2.65. The normalized spacial score (nSPS) is 28.1. The van der Waals surface area contributed by atoms with Gasteiger partial charge in [0.1, 0.15) is 17.7 Å². The lowest BCUT2D eigenvalue weighted by atomic mass is 9.84. The second-order valence-corrected chi connectivity index (χ2v) is 9.19. The topological polar surface area (TPSA) is 121 Å². The van der Waals surface area contributed by atoms with E-state index in [2.05, 4.69) is 10.0 Å². The molecule has 0 radical (unpaired) electrons. The van der Waals surface area contributed by atoms with Gasteiger partial charge in [-0.1, -0.05) is 65.8 Å². The highest BCUT2D eigenvalue weighted by molar-refractivity contribution is 5.83. The Labute approximate surface area is 222 Å². The van der Waals surface area contributed by atoms with Gasteiger partial charge < -0.3 is 28.4 Å². The highest BCUT2D eigenvalue weighted by Crippen LogP contribution is 2.45. The van der Waals surface area contributed by atoms with Gasteiger partial charge in [-0.3, -0.25) is 0 Å². The molecule has 10 nitrogen and oxygen atoms in total. The fourth-order valence-corrected chi connectivity index (χ4v) is 5.03. The predicted molar refractivity (Wildman–Crippen MR) is 129 cm³/mol. The lowest BCUT2D eigenvalue weighted by Gasteiger charge is -2.53. The van der Waals surface area contributed by atoms with Crippen molar-refractivity contribution in [2.45, 2.75) is 54.9 Å². The van der Waals surface area contributed by atoms with Gasteiger partial charge in [-0.2, -0.15) is 13.2 Å². The number of hydrogen-bond acceptors (Lipinski definition) is 8. The number of alkyl halides is 3. The molecule has 0 spiro atoms. The molecule has 210 valence electrons. The first-order chi connectivity index (χ1) is 18.7. The van der Waals surface area contributed by atoms with Gasteiger partial charge >= 0.3 is 12.1 Å². The van der Waals surface area contributed by atoms with Crippen LogP contribution in [0.3, 0.4) is 0 Å². The van der Waals surface area contributed by atoms with E-state index in [1.807, 2.05) is 30.3 Å². The number of carbonyl (C=O) groups is 1. The predicted octanol–water partition coefficient (Wildman–Crippen LogP) is 4.43. The molecule has 2 aromatic carbocycles. The van der Waals surface area contributed by atoms with Crippen molar-refractivity contribution in [3.05, 3.63) is 82.2 Å². The number of rotatable bonds is 10. The summed E-state index contributed by atoms with van der Waals surface area (Å²) in [6.07, 6.45) is -8.70. The summed E-state index contributed by atoms with van der Waals surface area (Å²) < 4.78 is 77.1. The third-order valence-corrected chi connectivity index (χ3v) is 6.82. The van der Waals surface area contributed by atoms with E-state index in [-0.39, 0.29) is 26.2 Å². The summed E-state index contributed by atoms with van der Waals surface area (Å²) in [5, 5.41) is 3.69. The molecule has 0 aromatic heterocycles. The van der Waals surface area contributed by atoms with E-state index in [4.69, 9.17) is 28.4 Å². The number of hydrogen-bond donors (Lipinski definition) is 0. The molecule has 2 aliphatic heterocycles. The van der Waals surface area contributed by atoms with E-state index >= 15 is 0 Å². The van der Waals surface area contributed by atoms with Crippen molar-refractivity contribution in [1.29, 1.82) is 0 Å². The van der Waals surface area contributed by atoms with E-state index in [0.717, 1.165) is 24.8 Å². The number of methoxy groups -OCH3 is 2. The molecule has 2 aromatic rings. The Balaban J connectivity index is 1.65. The molecule has 2 heterocycles. The van der Waals surface area contributed by atoms with Gasteiger partial charge in [0.25, 0.3) is 5.60 Å². The van der Waals surface area contributed by atoms with Crippen LogP contribution in [0.25, 0.3) is 10.4 Å². The average Bonchev–Trinajstić information content (AvgIpc) is 2.92. The molecule has 0 unspecified atom stereocenters. The van der Waals surface area contributed by atoms with Crippen molar-refractivity contribution in [2.24, 2.45) is 5.11 Å². The molecular weight excluding hydrogens is 523 g/mol. The molecule has 0 N–H and O–H groups in total. The fourth-order valence-electron chi connectivity index (χ4n) is 5.03. The lowest BCUT2D eigenvalue weighted by molar-refractivity contribution is -0.351. The van der Waals surface area contributed by atoms with Crippen LogP contribution in [0.15, 0.2) is 65.8 Å². The number of azide groups is 1. The summed E-state index contributed by atoms with van der Waals surface area (Å²) in [7, 11) is 2.15. The zero-order chi connectivity index (χ0) is 28.1. The first kappa shape index (κ1) is 28.8. The molecule has 2 aliphatic rings. The largest absolute Gasteiger partial charge is 0.459 e. The standard InChI is InChI=1S/C26H28F3N3O7/c1-34-23-24(16-36-14-17-9-5-3-6-10-17)13-19(21(31-32-30)20(39-24)15-37-23)38-22(33)25(35-2,26(27,28)29)18-11-7-4-8-12-18/h3-12,19-21,23H,13-16H2,1-2H3/t19-,20+,21-,23-,24-,25-/m0/s1. The zero-order valence-electron chi connectivity index (χ0n) is 21.2. The van der Waals surface area contributed by atoms with Gasteiger partial charge in [0.05, 0.1) is 25.9 Å². The maximum absolute atomic E-state index is 14.5. The van der Waals surface area contributed by atoms with E-state index in [1.165, 1.54) is 25.3 Å². The molecule has 4 rings (SSSR count). The van der Waals surface area contributed by atoms with Gasteiger partial charge in [0.15, 0.2) is 6.29 Å². The van der Waals surface area contributed by atoms with E-state index in [0.29, 0.717) is 0 Å². The Morgan fingerprint density at radius 3 is 2.38 bits per heavy atom.